The van der Waals surface area contributed by atoms with E-state index in [0.717, 1.165) is 36.9 Å². The number of amides is 2. The number of nitrogens with one attached hydrogen (secondary N) is 3. The molecule has 3 aliphatic carbocycles. The van der Waals surface area contributed by atoms with Crippen LogP contribution < -0.4 is 16.0 Å². The third-order valence-corrected chi connectivity index (χ3v) is 7.20. The van der Waals surface area contributed by atoms with Crippen LogP contribution in [-0.2, 0) is 11.3 Å². The van der Waals surface area contributed by atoms with Gasteiger partial charge in [0.05, 0.1) is 5.56 Å². The average Bonchev–Trinajstić information content (AvgIpc) is 2.72. The highest BCUT2D eigenvalue weighted by Gasteiger charge is 2.60. The normalized spacial score (nSPS) is 32.2. The summed E-state index contributed by atoms with van der Waals surface area (Å²) in [6.07, 6.45) is 7.05. The highest BCUT2D eigenvalue weighted by atomic mass is 16.2. The molecule has 150 valence electrons. The summed E-state index contributed by atoms with van der Waals surface area (Å²) in [7, 11) is 0. The first-order chi connectivity index (χ1) is 14.0. The second-order valence-electron chi connectivity index (χ2n) is 9.02. The smallest absolute Gasteiger partial charge is 0.255 e. The molecular weight excluding hydrogens is 364 g/mol. The number of anilines is 1. The predicted octanol–water partition coefficient (Wildman–Crippen LogP) is 3.08. The number of hydrogen-bond donors (Lipinski definition) is 3. The van der Waals surface area contributed by atoms with Crippen LogP contribution in [0.2, 0.25) is 0 Å². The molecule has 3 N–H and O–H groups in total. The zero-order valence-corrected chi connectivity index (χ0v) is 16.6. The first-order valence-corrected chi connectivity index (χ1v) is 10.4. The Balaban J connectivity index is 1.35. The van der Waals surface area contributed by atoms with Crippen LogP contribution in [0.1, 0.15) is 48.5 Å². The fraction of sp³-hybridized carbons (Fsp3) is 0.435. The van der Waals surface area contributed by atoms with Crippen molar-refractivity contribution in [1.29, 1.82) is 0 Å². The van der Waals surface area contributed by atoms with Crippen LogP contribution in [0.5, 0.6) is 0 Å². The predicted molar refractivity (Wildman–Crippen MR) is 110 cm³/mol. The van der Waals surface area contributed by atoms with Crippen molar-refractivity contribution < 1.29 is 9.59 Å². The van der Waals surface area contributed by atoms with Crippen molar-refractivity contribution in [1.82, 2.24) is 15.6 Å². The average molecular weight is 390 g/mol. The maximum absolute atomic E-state index is 13.1. The minimum absolute atomic E-state index is 0.0193. The molecule has 2 aromatic rings. The standard InChI is InChI=1S/C23H26N4O2/c1-22-9-6-16(12-18(22)21(29)25-13-15-7-10-24-11-8-15)23(14-22)26-19-5-3-2-4-17(19)20(28)27-23/h2-5,7-8,10-11,16,18,26H,6,9,12-14H2,1H3,(H,25,29)(H,27,28)/t16-,18-,22-,23+/m1/s1. The number of hydrogen-bond acceptors (Lipinski definition) is 4. The summed E-state index contributed by atoms with van der Waals surface area (Å²) in [5.41, 5.74) is 2.03. The highest BCUT2D eigenvalue weighted by molar-refractivity contribution is 6.02. The lowest BCUT2D eigenvalue weighted by Crippen LogP contribution is -2.70. The topological polar surface area (TPSA) is 83.1 Å². The molecule has 2 bridgehead atoms. The summed E-state index contributed by atoms with van der Waals surface area (Å²) in [6, 6.07) is 11.5. The monoisotopic (exact) mass is 390 g/mol. The number of nitrogens with zero attached hydrogens (tertiary/aromatic N) is 1. The molecule has 1 spiro atoms. The summed E-state index contributed by atoms with van der Waals surface area (Å²) >= 11 is 0. The van der Waals surface area contributed by atoms with E-state index in [2.05, 4.69) is 27.9 Å². The van der Waals surface area contributed by atoms with E-state index in [0.29, 0.717) is 12.1 Å². The summed E-state index contributed by atoms with van der Waals surface area (Å²) in [4.78, 5) is 29.9. The molecule has 0 radical (unpaired) electrons. The number of aromatic nitrogens is 1. The van der Waals surface area contributed by atoms with Crippen molar-refractivity contribution in [3.8, 4) is 0 Å². The van der Waals surface area contributed by atoms with Crippen molar-refractivity contribution in [3.05, 3.63) is 59.9 Å². The minimum Gasteiger partial charge on any atom is -0.362 e. The zero-order valence-electron chi connectivity index (χ0n) is 16.6. The molecular formula is C23H26N4O2. The Labute approximate surface area is 170 Å². The molecule has 0 unspecified atom stereocenters. The van der Waals surface area contributed by atoms with Gasteiger partial charge in [-0.3, -0.25) is 14.6 Å². The number of benzene rings is 1. The van der Waals surface area contributed by atoms with E-state index in [1.54, 1.807) is 12.4 Å². The van der Waals surface area contributed by atoms with Gasteiger partial charge >= 0.3 is 0 Å². The fourth-order valence-electron chi connectivity index (χ4n) is 5.67. The van der Waals surface area contributed by atoms with Crippen LogP contribution in [0.4, 0.5) is 5.69 Å². The lowest BCUT2D eigenvalue weighted by atomic mass is 9.51. The molecule has 2 heterocycles. The molecule has 1 aliphatic heterocycles. The van der Waals surface area contributed by atoms with Gasteiger partial charge < -0.3 is 16.0 Å². The summed E-state index contributed by atoms with van der Waals surface area (Å²) < 4.78 is 0. The maximum Gasteiger partial charge on any atom is 0.255 e. The summed E-state index contributed by atoms with van der Waals surface area (Å²) in [5, 5.41) is 10.0. The second-order valence-corrected chi connectivity index (χ2v) is 9.02. The van der Waals surface area contributed by atoms with Gasteiger partial charge in [0.15, 0.2) is 0 Å². The number of carbonyl (C=O) groups excluding carboxylic acids is 2. The zero-order chi connectivity index (χ0) is 20.1. The van der Waals surface area contributed by atoms with Gasteiger partial charge in [0.25, 0.3) is 5.91 Å². The Bertz CT molecular complexity index is 962. The largest absolute Gasteiger partial charge is 0.362 e. The number of pyridine rings is 1. The molecule has 4 atom stereocenters. The second kappa shape index (κ2) is 6.58. The molecule has 2 amide bonds. The van der Waals surface area contributed by atoms with E-state index in [9.17, 15) is 9.59 Å². The van der Waals surface area contributed by atoms with Crippen molar-refractivity contribution in [2.75, 3.05) is 5.32 Å². The molecule has 1 aromatic heterocycles. The van der Waals surface area contributed by atoms with E-state index >= 15 is 0 Å². The first-order valence-electron chi connectivity index (χ1n) is 10.4. The lowest BCUT2D eigenvalue weighted by Gasteiger charge is -2.60. The van der Waals surface area contributed by atoms with Gasteiger partial charge in [0.2, 0.25) is 5.91 Å². The SMILES string of the molecule is C[C@]12CC[C@H](C[C@@H]1C(=O)NCc1ccncc1)[C@]1(C2)NC(=O)c2ccccc2N1. The Hall–Kier alpha value is -2.89. The van der Waals surface area contributed by atoms with Crippen LogP contribution >= 0.6 is 0 Å². The Morgan fingerprint density at radius 3 is 2.79 bits per heavy atom. The van der Waals surface area contributed by atoms with E-state index < -0.39 is 5.66 Å². The maximum atomic E-state index is 13.1. The molecule has 6 heteroatoms. The van der Waals surface area contributed by atoms with Crippen molar-refractivity contribution in [2.24, 2.45) is 17.3 Å². The van der Waals surface area contributed by atoms with Gasteiger partial charge in [-0.15, -0.1) is 0 Å². The minimum atomic E-state index is -0.458. The molecule has 0 saturated heterocycles. The summed E-state index contributed by atoms with van der Waals surface area (Å²) in [6.45, 7) is 2.72. The van der Waals surface area contributed by atoms with Crippen LogP contribution in [0.3, 0.4) is 0 Å². The number of para-hydroxylation sites is 1. The molecule has 3 saturated carbocycles. The molecule has 3 fully saturated rings. The van der Waals surface area contributed by atoms with Crippen molar-refractivity contribution in [2.45, 2.75) is 44.8 Å². The third-order valence-electron chi connectivity index (χ3n) is 7.20. The molecule has 6 nitrogen and oxygen atoms in total. The van der Waals surface area contributed by atoms with E-state index in [1.165, 1.54) is 0 Å². The number of fused-ring (bicyclic) bond motifs is 3. The van der Waals surface area contributed by atoms with Crippen LogP contribution in [-0.4, -0.2) is 22.5 Å². The van der Waals surface area contributed by atoms with Gasteiger partial charge in [-0.25, -0.2) is 0 Å². The molecule has 1 aromatic carbocycles. The van der Waals surface area contributed by atoms with Gasteiger partial charge in [-0.1, -0.05) is 19.1 Å². The Morgan fingerprint density at radius 2 is 2.00 bits per heavy atom. The number of rotatable bonds is 3. The van der Waals surface area contributed by atoms with Gasteiger partial charge in [0.1, 0.15) is 5.66 Å². The van der Waals surface area contributed by atoms with Gasteiger partial charge in [-0.05, 0) is 60.9 Å². The third kappa shape index (κ3) is 2.98. The Kier molecular flexibility index (Phi) is 4.12. The lowest BCUT2D eigenvalue weighted by molar-refractivity contribution is -0.139. The first kappa shape index (κ1) is 18.2. The van der Waals surface area contributed by atoms with Crippen molar-refractivity contribution in [3.63, 3.8) is 0 Å². The highest BCUT2D eigenvalue weighted by Crippen LogP contribution is 2.58. The summed E-state index contributed by atoms with van der Waals surface area (Å²) in [5.74, 6) is 0.295. The van der Waals surface area contributed by atoms with E-state index in [4.69, 9.17) is 0 Å². The van der Waals surface area contributed by atoms with Crippen molar-refractivity contribution >= 4 is 17.5 Å². The molecule has 6 rings (SSSR count). The van der Waals surface area contributed by atoms with Gasteiger partial charge in [0, 0.05) is 36.5 Å². The van der Waals surface area contributed by atoms with Crippen LogP contribution in [0, 0.1) is 17.3 Å². The molecule has 29 heavy (non-hydrogen) atoms. The number of carbonyl (C=O) groups is 2. The quantitative estimate of drug-likeness (QED) is 0.752. The molecule has 4 aliphatic rings. The van der Waals surface area contributed by atoms with Crippen LogP contribution in [0.15, 0.2) is 48.8 Å². The van der Waals surface area contributed by atoms with Gasteiger partial charge in [-0.2, -0.15) is 0 Å². The van der Waals surface area contributed by atoms with Crippen LogP contribution in [0.25, 0.3) is 0 Å². The Morgan fingerprint density at radius 1 is 1.21 bits per heavy atom. The van der Waals surface area contributed by atoms with E-state index in [-0.39, 0.29) is 29.1 Å². The fourth-order valence-corrected chi connectivity index (χ4v) is 5.67. The van der Waals surface area contributed by atoms with E-state index in [1.807, 2.05) is 36.4 Å².